The molecule has 7 atom stereocenters. The van der Waals surface area contributed by atoms with E-state index in [9.17, 15) is 57.9 Å². The Morgan fingerprint density at radius 3 is 2.34 bits per heavy atom. The lowest BCUT2D eigenvalue weighted by molar-refractivity contribution is -0.347. The number of hydrogen-bond acceptors (Lipinski definition) is 22. The van der Waals surface area contributed by atoms with Gasteiger partial charge in [0.25, 0.3) is 15.6 Å². The van der Waals surface area contributed by atoms with Gasteiger partial charge in [0.1, 0.15) is 36.3 Å². The number of nitrogens with zero attached hydrogens (tertiary/aromatic N) is 4. The molecule has 28 heteroatoms. The van der Waals surface area contributed by atoms with Gasteiger partial charge >= 0.3 is 0 Å². The van der Waals surface area contributed by atoms with Gasteiger partial charge in [0.15, 0.2) is 22.8 Å². The Bertz CT molecular complexity index is 2050. The van der Waals surface area contributed by atoms with Crippen molar-refractivity contribution in [2.24, 2.45) is 5.41 Å². The van der Waals surface area contributed by atoms with Crippen LogP contribution in [0, 0.1) is 5.41 Å². The van der Waals surface area contributed by atoms with Crippen LogP contribution < -0.4 is 35.9 Å². The predicted molar refractivity (Wildman–Crippen MR) is 228 cm³/mol. The maximum Gasteiger partial charge on any atom is 0.274 e. The minimum Gasteiger partial charge on any atom is -0.790 e. The number of phosphoric acid groups is 3. The van der Waals surface area contributed by atoms with Crippen molar-refractivity contribution in [2.45, 2.75) is 122 Å². The highest BCUT2D eigenvalue weighted by atomic mass is 32.2. The zero-order valence-electron chi connectivity index (χ0n) is 36.3. The van der Waals surface area contributed by atoms with Gasteiger partial charge in [0, 0.05) is 37.1 Å². The number of rotatable bonds is 31. The summed E-state index contributed by atoms with van der Waals surface area (Å²) in [5, 5.41) is 26.4. The first-order valence-electron chi connectivity index (χ1n) is 20.8. The molecule has 2 aromatic rings. The van der Waals surface area contributed by atoms with Crippen LogP contribution in [0.3, 0.4) is 0 Å². The fourth-order valence-corrected chi connectivity index (χ4v) is 9.54. The Morgan fingerprint density at radius 2 is 1.63 bits per heavy atom. The van der Waals surface area contributed by atoms with Crippen LogP contribution in [0.4, 0.5) is 5.82 Å². The number of hydrogen-bond donors (Lipinski definition) is 5. The van der Waals surface area contributed by atoms with E-state index in [0.717, 1.165) is 86.8 Å². The quantitative estimate of drug-likeness (QED) is 0.0402. The number of aliphatic hydroxyl groups is 2. The second-order valence-corrected chi connectivity index (χ2v) is 20.7. The van der Waals surface area contributed by atoms with Crippen LogP contribution in [0.15, 0.2) is 37.0 Å². The summed E-state index contributed by atoms with van der Waals surface area (Å²) < 4.78 is 60.8. The van der Waals surface area contributed by atoms with Crippen molar-refractivity contribution in [1.29, 1.82) is 0 Å². The molecule has 1 saturated heterocycles. The standard InChI is InChI=1S/C37H62N7O17P3S/c1-4-5-6-7-8-9-10-11-12-13-14-15-16-17-28(46)65-21-20-39-27(45)18-19-40-35(49)32(48)37(2,3)23-58-64(55,56)61-63(53,54)57-22-26-31(60-62(50,51)52)30(47)36(59-26)44-25-43-29-33(38)41-24-42-34(29)44/h6-7,9-10,24-26,30-32,36,47-48H,4-5,8,11-23H2,1-3H3,(H,39,45)(H,40,49)(H,53,54)(H,55,56)(H2,38,41,42)(H2,50,51,52)/p-4/b7-6-,10-9-/t26-,30-,31-,32+,36-/m1/s1. The molecule has 1 aliphatic heterocycles. The highest BCUT2D eigenvalue weighted by molar-refractivity contribution is 8.13. The van der Waals surface area contributed by atoms with Gasteiger partial charge < -0.3 is 69.0 Å². The van der Waals surface area contributed by atoms with Gasteiger partial charge in [-0.1, -0.05) is 82.5 Å². The fraction of sp³-hybridized carbons (Fsp3) is 0.676. The number of phosphoric ester groups is 3. The summed E-state index contributed by atoms with van der Waals surface area (Å²) in [6, 6.07) is 0. The number of thioether (sulfide) groups is 1. The molecule has 3 heterocycles. The van der Waals surface area contributed by atoms with E-state index in [1.165, 1.54) is 13.8 Å². The first kappa shape index (κ1) is 56.4. The molecular formula is C37H58N7O17P3S-4. The molecule has 0 radical (unpaired) electrons. The summed E-state index contributed by atoms with van der Waals surface area (Å²) in [7, 11) is -17.6. The smallest absolute Gasteiger partial charge is 0.274 e. The van der Waals surface area contributed by atoms with Crippen molar-refractivity contribution < 1.29 is 80.5 Å². The third kappa shape index (κ3) is 20.4. The number of ether oxygens (including phenoxy) is 1. The van der Waals surface area contributed by atoms with Crippen LogP contribution in [0.1, 0.15) is 97.6 Å². The Balaban J connectivity index is 1.33. The first-order valence-corrected chi connectivity index (χ1v) is 26.2. The van der Waals surface area contributed by atoms with E-state index in [1.54, 1.807) is 0 Å². The van der Waals surface area contributed by atoms with Crippen LogP contribution in [0.2, 0.25) is 0 Å². The molecule has 0 aromatic carbocycles. The van der Waals surface area contributed by atoms with Crippen LogP contribution in [0.25, 0.3) is 11.2 Å². The molecule has 0 bridgehead atoms. The molecule has 1 aliphatic rings. The molecule has 1 fully saturated rings. The molecule has 24 nitrogen and oxygen atoms in total. The Morgan fingerprint density at radius 1 is 0.954 bits per heavy atom. The average molecular weight is 998 g/mol. The van der Waals surface area contributed by atoms with Crippen molar-refractivity contribution in [3.05, 3.63) is 37.0 Å². The van der Waals surface area contributed by atoms with Gasteiger partial charge in [-0.25, -0.2) is 19.3 Å². The topological polar surface area (TPSA) is 375 Å². The number of anilines is 1. The summed E-state index contributed by atoms with van der Waals surface area (Å²) in [5.41, 5.74) is 4.08. The third-order valence-corrected chi connectivity index (χ3v) is 13.5. The lowest BCUT2D eigenvalue weighted by atomic mass is 9.87. The minimum atomic E-state index is -5.92. The van der Waals surface area contributed by atoms with E-state index in [-0.39, 0.29) is 41.6 Å². The Kier molecular flexibility index (Phi) is 23.5. The number of fused-ring (bicyclic) bond motifs is 1. The second-order valence-electron chi connectivity index (χ2n) is 15.5. The highest BCUT2D eigenvalue weighted by Crippen LogP contribution is 2.56. The van der Waals surface area contributed by atoms with Gasteiger partial charge in [-0.05, 0) is 32.1 Å². The van der Waals surface area contributed by atoms with Crippen molar-refractivity contribution in [3.63, 3.8) is 0 Å². The molecule has 2 aromatic heterocycles. The van der Waals surface area contributed by atoms with Crippen LogP contribution in [0.5, 0.6) is 0 Å². The number of carbonyl (C=O) groups is 3. The minimum absolute atomic E-state index is 0.0198. The number of nitrogens with two attached hydrogens (primary N) is 1. The van der Waals surface area contributed by atoms with Crippen molar-refractivity contribution in [3.8, 4) is 0 Å². The summed E-state index contributed by atoms with van der Waals surface area (Å²) in [5.74, 6) is -1.15. The summed E-state index contributed by atoms with van der Waals surface area (Å²) in [6.45, 7) is 2.31. The number of nitrogen functional groups attached to an aromatic ring is 1. The van der Waals surface area contributed by atoms with Crippen molar-refractivity contribution in [1.82, 2.24) is 30.2 Å². The number of aromatic nitrogens is 4. The SMILES string of the molecule is CCC/C=C\C/C=C\CCCCCCCC(=O)SCCNC(=O)CCNC(=O)[C@H](O)C(C)(C)COP(=O)([O-])OP(=O)([O-])OC[C@H]1O[C@@H](n2cnc3c(N)ncnc32)[C@H](O)[C@@H]1OP(=O)([O-])[O-]. The molecule has 2 unspecified atom stereocenters. The molecule has 3 rings (SSSR count). The molecule has 0 aliphatic carbocycles. The number of amides is 2. The largest absolute Gasteiger partial charge is 0.790 e. The summed E-state index contributed by atoms with van der Waals surface area (Å²) in [6.07, 6.45) is 11.0. The lowest BCUT2D eigenvalue weighted by Gasteiger charge is -2.36. The molecular weight excluding hydrogens is 939 g/mol. The third-order valence-electron chi connectivity index (χ3n) is 9.55. The first-order chi connectivity index (χ1) is 30.6. The van der Waals surface area contributed by atoms with Crippen molar-refractivity contribution in [2.75, 3.05) is 37.8 Å². The van der Waals surface area contributed by atoms with Gasteiger partial charge in [-0.3, -0.25) is 28.1 Å². The van der Waals surface area contributed by atoms with E-state index in [0.29, 0.717) is 12.2 Å². The van der Waals surface area contributed by atoms with E-state index in [2.05, 4.69) is 74.7 Å². The molecule has 6 N–H and O–H groups in total. The van der Waals surface area contributed by atoms with Crippen LogP contribution in [-0.4, -0.2) is 103 Å². The molecule has 0 saturated carbocycles. The van der Waals surface area contributed by atoms with E-state index in [4.69, 9.17) is 10.5 Å². The fourth-order valence-electron chi connectivity index (χ4n) is 6.08. The summed E-state index contributed by atoms with van der Waals surface area (Å²) in [4.78, 5) is 96.7. The predicted octanol–water partition coefficient (Wildman–Crippen LogP) is 1.17. The molecule has 0 spiro atoms. The van der Waals surface area contributed by atoms with Gasteiger partial charge in [0.2, 0.25) is 11.8 Å². The van der Waals surface area contributed by atoms with E-state index < -0.39 is 84.6 Å². The van der Waals surface area contributed by atoms with Gasteiger partial charge in [-0.15, -0.1) is 0 Å². The lowest BCUT2D eigenvalue weighted by Crippen LogP contribution is -2.46. The molecule has 65 heavy (non-hydrogen) atoms. The summed E-state index contributed by atoms with van der Waals surface area (Å²) >= 11 is 1.13. The van der Waals surface area contributed by atoms with Crippen LogP contribution >= 0.6 is 35.2 Å². The number of unbranched alkanes of at least 4 members (excludes halogenated alkanes) is 6. The van der Waals surface area contributed by atoms with Crippen LogP contribution in [-0.2, 0) is 50.7 Å². The highest BCUT2D eigenvalue weighted by Gasteiger charge is 2.47. The number of allylic oxidation sites excluding steroid dienone is 4. The maximum absolute atomic E-state index is 12.6. The number of aliphatic hydroxyl groups excluding tert-OH is 2. The molecule has 368 valence electrons. The second kappa shape index (κ2) is 27.1. The zero-order chi connectivity index (χ0) is 48.3. The number of carbonyl (C=O) groups excluding carboxylic acids is 3. The number of imidazole rings is 1. The van der Waals surface area contributed by atoms with Gasteiger partial charge in [0.05, 0.1) is 27.4 Å². The Hall–Kier alpha value is -2.96. The average Bonchev–Trinajstić information content (AvgIpc) is 3.79. The molecule has 2 amide bonds. The van der Waals surface area contributed by atoms with E-state index >= 15 is 0 Å². The van der Waals surface area contributed by atoms with E-state index in [1.807, 2.05) is 0 Å². The monoisotopic (exact) mass is 997 g/mol. The zero-order valence-corrected chi connectivity index (χ0v) is 39.8. The normalized spacial score (nSPS) is 20.6. The maximum atomic E-state index is 12.6. The Labute approximate surface area is 381 Å². The number of nitrogens with one attached hydrogen (secondary N) is 2. The van der Waals surface area contributed by atoms with Gasteiger partial charge in [-0.2, -0.15) is 0 Å². The van der Waals surface area contributed by atoms with Crippen molar-refractivity contribution >= 4 is 69.1 Å².